The third kappa shape index (κ3) is 2.07. The van der Waals surface area contributed by atoms with Crippen molar-refractivity contribution in [3.63, 3.8) is 0 Å². The number of carbonyl (C=O) groups excluding carboxylic acids is 1. The molecule has 4 heteroatoms. The zero-order chi connectivity index (χ0) is 10.6. The van der Waals surface area contributed by atoms with Crippen molar-refractivity contribution in [3.8, 4) is 6.07 Å². The molecule has 0 aliphatic carbocycles. The quantitative estimate of drug-likeness (QED) is 0.738. The number of benzene rings is 1. The molecule has 0 saturated heterocycles. The zero-order valence-electron chi connectivity index (χ0n) is 7.62. The van der Waals surface area contributed by atoms with Crippen molar-refractivity contribution in [1.82, 2.24) is 5.32 Å². The molecule has 0 heterocycles. The minimum absolute atomic E-state index is 0.268. The van der Waals surface area contributed by atoms with Crippen molar-refractivity contribution in [2.24, 2.45) is 0 Å². The maximum absolute atomic E-state index is 13.3. The molecule has 1 aromatic rings. The molecule has 1 rings (SSSR count). The maximum Gasteiger partial charge on any atom is 0.207 e. The van der Waals surface area contributed by atoms with Gasteiger partial charge in [-0.2, -0.15) is 5.26 Å². The Kier molecular flexibility index (Phi) is 3.19. The van der Waals surface area contributed by atoms with Crippen LogP contribution in [0.1, 0.15) is 24.1 Å². The number of nitrogens with one attached hydrogen (secondary N) is 1. The summed E-state index contributed by atoms with van der Waals surface area (Å²) < 4.78 is 13.3. The van der Waals surface area contributed by atoms with Gasteiger partial charge in [-0.1, -0.05) is 6.07 Å². The summed E-state index contributed by atoms with van der Waals surface area (Å²) in [7, 11) is 0. The molecule has 0 fully saturated rings. The smallest absolute Gasteiger partial charge is 0.207 e. The summed E-state index contributed by atoms with van der Waals surface area (Å²) in [4.78, 5) is 10.1. The van der Waals surface area contributed by atoms with Gasteiger partial charge < -0.3 is 5.32 Å². The van der Waals surface area contributed by atoms with Crippen LogP contribution in [-0.2, 0) is 4.79 Å². The maximum atomic E-state index is 13.3. The van der Waals surface area contributed by atoms with Crippen LogP contribution in [0.15, 0.2) is 18.2 Å². The minimum atomic E-state index is -0.481. The Hall–Kier alpha value is -1.89. The molecule has 0 bridgehead atoms. The third-order valence-electron chi connectivity index (χ3n) is 1.91. The molecule has 14 heavy (non-hydrogen) atoms. The largest absolute Gasteiger partial charge is 0.352 e. The Bertz CT molecular complexity index is 384. The summed E-state index contributed by atoms with van der Waals surface area (Å²) in [5, 5.41) is 10.9. The molecule has 1 atom stereocenters. The lowest BCUT2D eigenvalue weighted by atomic mass is 10.1. The summed E-state index contributed by atoms with van der Waals surface area (Å²) >= 11 is 0. The van der Waals surface area contributed by atoms with E-state index in [2.05, 4.69) is 5.32 Å². The monoisotopic (exact) mass is 192 g/mol. The highest BCUT2D eigenvalue weighted by Crippen LogP contribution is 2.17. The van der Waals surface area contributed by atoms with Gasteiger partial charge in [-0.3, -0.25) is 4.79 Å². The first-order valence-electron chi connectivity index (χ1n) is 4.08. The predicted octanol–water partition coefficient (Wildman–Crippen LogP) is 1.50. The number of nitriles is 1. The van der Waals surface area contributed by atoms with Gasteiger partial charge in [0, 0.05) is 5.56 Å². The van der Waals surface area contributed by atoms with E-state index >= 15 is 0 Å². The molecule has 0 spiro atoms. The average molecular weight is 192 g/mol. The van der Waals surface area contributed by atoms with E-state index in [1.54, 1.807) is 6.92 Å². The van der Waals surface area contributed by atoms with Crippen molar-refractivity contribution >= 4 is 6.41 Å². The van der Waals surface area contributed by atoms with Gasteiger partial charge in [0.05, 0.1) is 17.7 Å². The number of hydrogen-bond acceptors (Lipinski definition) is 2. The fourth-order valence-corrected chi connectivity index (χ4v) is 1.14. The van der Waals surface area contributed by atoms with Crippen molar-refractivity contribution < 1.29 is 9.18 Å². The average Bonchev–Trinajstić information content (AvgIpc) is 2.17. The fraction of sp³-hybridized carbons (Fsp3) is 0.200. The topological polar surface area (TPSA) is 52.9 Å². The summed E-state index contributed by atoms with van der Waals surface area (Å²) in [6.07, 6.45) is 0.516. The van der Waals surface area contributed by atoms with E-state index in [1.165, 1.54) is 12.1 Å². The number of rotatable bonds is 3. The van der Waals surface area contributed by atoms with Crippen LogP contribution in [0.25, 0.3) is 0 Å². The molecule has 0 saturated carbocycles. The summed E-state index contributed by atoms with van der Waals surface area (Å²) in [6, 6.07) is 5.61. The number of amides is 1. The molecule has 1 amide bonds. The fourth-order valence-electron chi connectivity index (χ4n) is 1.14. The number of halogens is 1. The highest BCUT2D eigenvalue weighted by atomic mass is 19.1. The van der Waals surface area contributed by atoms with E-state index in [-0.39, 0.29) is 11.6 Å². The lowest BCUT2D eigenvalue weighted by Crippen LogP contribution is -2.17. The predicted molar refractivity (Wildman–Crippen MR) is 48.7 cm³/mol. The normalized spacial score (nSPS) is 11.5. The van der Waals surface area contributed by atoms with Crippen molar-refractivity contribution in [2.45, 2.75) is 13.0 Å². The SMILES string of the molecule is CC(NC=O)c1ccc(C#N)cc1F. The van der Waals surface area contributed by atoms with Crippen LogP contribution < -0.4 is 5.32 Å². The summed E-state index contributed by atoms with van der Waals surface area (Å²) in [5.74, 6) is -0.481. The van der Waals surface area contributed by atoms with Gasteiger partial charge in [0.15, 0.2) is 0 Å². The number of nitrogens with zero attached hydrogens (tertiary/aromatic N) is 1. The number of hydrogen-bond donors (Lipinski definition) is 1. The molecule has 1 unspecified atom stereocenters. The van der Waals surface area contributed by atoms with Crippen LogP contribution >= 0.6 is 0 Å². The van der Waals surface area contributed by atoms with Crippen LogP contribution in [0, 0.1) is 17.1 Å². The van der Waals surface area contributed by atoms with Gasteiger partial charge in [0.2, 0.25) is 6.41 Å². The van der Waals surface area contributed by atoms with Gasteiger partial charge in [0.25, 0.3) is 0 Å². The van der Waals surface area contributed by atoms with Crippen molar-refractivity contribution in [2.75, 3.05) is 0 Å². The lowest BCUT2D eigenvalue weighted by molar-refractivity contribution is -0.110. The van der Waals surface area contributed by atoms with E-state index in [9.17, 15) is 9.18 Å². The first kappa shape index (κ1) is 10.2. The van der Waals surface area contributed by atoms with Crippen LogP contribution in [0.5, 0.6) is 0 Å². The molecule has 0 aliphatic rings. The van der Waals surface area contributed by atoms with E-state index in [0.29, 0.717) is 12.0 Å². The first-order chi connectivity index (χ1) is 6.69. The third-order valence-corrected chi connectivity index (χ3v) is 1.91. The van der Waals surface area contributed by atoms with Gasteiger partial charge in [0.1, 0.15) is 5.82 Å². The molecule has 0 aliphatic heterocycles. The second-order valence-corrected chi connectivity index (χ2v) is 2.85. The molecule has 1 aromatic carbocycles. The summed E-state index contributed by atoms with van der Waals surface area (Å²) in [6.45, 7) is 1.67. The lowest BCUT2D eigenvalue weighted by Gasteiger charge is -2.11. The van der Waals surface area contributed by atoms with Crippen LogP contribution in [0.3, 0.4) is 0 Å². The summed E-state index contributed by atoms with van der Waals surface area (Å²) in [5.41, 5.74) is 0.639. The standard InChI is InChI=1S/C10H9FN2O/c1-7(13-6-14)9-3-2-8(5-12)4-10(9)11/h2-4,6-7H,1H3,(H,13,14). The Balaban J connectivity index is 3.00. The van der Waals surface area contributed by atoms with Crippen LogP contribution in [-0.4, -0.2) is 6.41 Å². The highest BCUT2D eigenvalue weighted by molar-refractivity contribution is 5.48. The molecule has 0 radical (unpaired) electrons. The Morgan fingerprint density at radius 1 is 1.64 bits per heavy atom. The molecule has 3 nitrogen and oxygen atoms in total. The van der Waals surface area contributed by atoms with Gasteiger partial charge in [-0.05, 0) is 19.1 Å². The van der Waals surface area contributed by atoms with Gasteiger partial charge >= 0.3 is 0 Å². The van der Waals surface area contributed by atoms with Crippen LogP contribution in [0.4, 0.5) is 4.39 Å². The van der Waals surface area contributed by atoms with E-state index in [1.807, 2.05) is 6.07 Å². The van der Waals surface area contributed by atoms with Crippen molar-refractivity contribution in [1.29, 1.82) is 5.26 Å². The Morgan fingerprint density at radius 3 is 2.86 bits per heavy atom. The minimum Gasteiger partial charge on any atom is -0.352 e. The molecular weight excluding hydrogens is 183 g/mol. The first-order valence-corrected chi connectivity index (χ1v) is 4.08. The molecule has 72 valence electrons. The molecule has 1 N–H and O–H groups in total. The highest BCUT2D eigenvalue weighted by Gasteiger charge is 2.09. The van der Waals surface area contributed by atoms with E-state index in [0.717, 1.165) is 6.07 Å². The van der Waals surface area contributed by atoms with Gasteiger partial charge in [-0.25, -0.2) is 4.39 Å². The zero-order valence-corrected chi connectivity index (χ0v) is 7.62. The van der Waals surface area contributed by atoms with E-state index < -0.39 is 5.82 Å². The van der Waals surface area contributed by atoms with Crippen molar-refractivity contribution in [3.05, 3.63) is 35.1 Å². The Labute approximate surface area is 81.2 Å². The number of carbonyl (C=O) groups is 1. The second-order valence-electron chi connectivity index (χ2n) is 2.85. The molecule has 0 aromatic heterocycles. The van der Waals surface area contributed by atoms with E-state index in [4.69, 9.17) is 5.26 Å². The van der Waals surface area contributed by atoms with Gasteiger partial charge in [-0.15, -0.1) is 0 Å². The molecular formula is C10H9FN2O. The Morgan fingerprint density at radius 2 is 2.36 bits per heavy atom. The second kappa shape index (κ2) is 4.38. The van der Waals surface area contributed by atoms with Crippen LogP contribution in [0.2, 0.25) is 0 Å².